The van der Waals surface area contributed by atoms with Gasteiger partial charge >= 0.3 is 5.97 Å². The van der Waals surface area contributed by atoms with Crippen LogP contribution in [0.1, 0.15) is 94.5 Å². The Kier molecular flexibility index (Phi) is 11.1. The van der Waals surface area contributed by atoms with Crippen LogP contribution in [-0.2, 0) is 0 Å². The number of hydrogen-bond donors (Lipinski definition) is 2. The molecule has 0 spiro atoms. The predicted molar refractivity (Wildman–Crippen MR) is 95.2 cm³/mol. The third kappa shape index (κ3) is 10.0. The van der Waals surface area contributed by atoms with Crippen LogP contribution < -0.4 is 5.32 Å². The lowest BCUT2D eigenvalue weighted by molar-refractivity contribution is 0.0663. The molecule has 23 heavy (non-hydrogen) atoms. The summed E-state index contributed by atoms with van der Waals surface area (Å²) in [5, 5.41) is 11.9. The first-order valence-corrected chi connectivity index (χ1v) is 9.31. The molecule has 0 bridgehead atoms. The highest BCUT2D eigenvalue weighted by atomic mass is 16.4. The van der Waals surface area contributed by atoms with E-state index in [-0.39, 0.29) is 5.76 Å². The molecule has 0 amide bonds. The number of anilines is 1. The van der Waals surface area contributed by atoms with Crippen LogP contribution in [0.4, 0.5) is 5.88 Å². The Morgan fingerprint density at radius 1 is 0.913 bits per heavy atom. The van der Waals surface area contributed by atoms with E-state index in [1.807, 2.05) is 0 Å². The number of aromatic carboxylic acids is 1. The van der Waals surface area contributed by atoms with E-state index in [0.29, 0.717) is 5.88 Å². The van der Waals surface area contributed by atoms with Gasteiger partial charge in [0.15, 0.2) is 5.88 Å². The van der Waals surface area contributed by atoms with Gasteiger partial charge in [-0.15, -0.1) is 0 Å². The van der Waals surface area contributed by atoms with Crippen molar-refractivity contribution in [1.29, 1.82) is 0 Å². The number of rotatable bonds is 15. The van der Waals surface area contributed by atoms with Crippen LogP contribution in [0.25, 0.3) is 0 Å². The highest BCUT2D eigenvalue weighted by Gasteiger charge is 2.07. The van der Waals surface area contributed by atoms with E-state index >= 15 is 0 Å². The first-order valence-electron chi connectivity index (χ1n) is 9.31. The number of carboxylic acid groups (broad SMARTS) is 1. The molecule has 0 atom stereocenters. The molecule has 0 aliphatic carbocycles. The van der Waals surface area contributed by atoms with E-state index in [0.717, 1.165) is 13.0 Å². The minimum atomic E-state index is -1.02. The summed E-state index contributed by atoms with van der Waals surface area (Å²) in [6, 6.07) is 3.15. The van der Waals surface area contributed by atoms with Crippen molar-refractivity contribution in [2.45, 2.75) is 84.0 Å². The molecule has 0 radical (unpaired) electrons. The molecule has 0 aromatic carbocycles. The van der Waals surface area contributed by atoms with Crippen LogP contribution in [0.2, 0.25) is 0 Å². The van der Waals surface area contributed by atoms with Crippen molar-refractivity contribution >= 4 is 11.9 Å². The maximum Gasteiger partial charge on any atom is 0.371 e. The van der Waals surface area contributed by atoms with Crippen molar-refractivity contribution in [3.8, 4) is 0 Å². The van der Waals surface area contributed by atoms with Crippen molar-refractivity contribution in [3.63, 3.8) is 0 Å². The molecule has 132 valence electrons. The van der Waals surface area contributed by atoms with Crippen LogP contribution >= 0.6 is 0 Å². The maximum atomic E-state index is 10.7. The van der Waals surface area contributed by atoms with E-state index < -0.39 is 5.97 Å². The van der Waals surface area contributed by atoms with E-state index in [2.05, 4.69) is 12.2 Å². The maximum absolute atomic E-state index is 10.7. The van der Waals surface area contributed by atoms with Gasteiger partial charge in [-0.1, -0.05) is 77.6 Å². The third-order valence-electron chi connectivity index (χ3n) is 4.15. The van der Waals surface area contributed by atoms with Crippen molar-refractivity contribution in [3.05, 3.63) is 17.9 Å². The van der Waals surface area contributed by atoms with Gasteiger partial charge < -0.3 is 14.8 Å². The van der Waals surface area contributed by atoms with Crippen LogP contribution in [0.5, 0.6) is 0 Å². The monoisotopic (exact) mass is 323 g/mol. The Balaban J connectivity index is 1.83. The molecule has 1 aromatic rings. The van der Waals surface area contributed by atoms with Gasteiger partial charge in [0.05, 0.1) is 0 Å². The summed E-state index contributed by atoms with van der Waals surface area (Å²) in [5.74, 6) is -0.490. The summed E-state index contributed by atoms with van der Waals surface area (Å²) in [4.78, 5) is 10.7. The zero-order valence-corrected chi connectivity index (χ0v) is 14.6. The fourth-order valence-corrected chi connectivity index (χ4v) is 2.73. The molecule has 0 aliphatic heterocycles. The average Bonchev–Trinajstić information content (AvgIpc) is 3.01. The zero-order chi connectivity index (χ0) is 16.8. The number of furan rings is 1. The lowest BCUT2D eigenvalue weighted by Gasteiger charge is -2.04. The summed E-state index contributed by atoms with van der Waals surface area (Å²) < 4.78 is 5.14. The minimum absolute atomic E-state index is 0.0119. The Labute approximate surface area is 140 Å². The number of nitrogens with one attached hydrogen (secondary N) is 1. The van der Waals surface area contributed by atoms with Gasteiger partial charge in [-0.25, -0.2) is 4.79 Å². The van der Waals surface area contributed by atoms with E-state index in [1.165, 1.54) is 76.7 Å². The molecule has 1 rings (SSSR count). The molecular formula is C19H33NO3. The summed E-state index contributed by atoms with van der Waals surface area (Å²) in [7, 11) is 0. The summed E-state index contributed by atoms with van der Waals surface area (Å²) in [5.41, 5.74) is 0. The van der Waals surface area contributed by atoms with Gasteiger partial charge in [0, 0.05) is 12.6 Å². The predicted octanol–water partition coefficient (Wildman–Crippen LogP) is 6.09. The molecule has 4 nitrogen and oxygen atoms in total. The number of carbonyl (C=O) groups is 1. The molecule has 0 unspecified atom stereocenters. The van der Waals surface area contributed by atoms with Gasteiger partial charge in [-0.2, -0.15) is 0 Å². The van der Waals surface area contributed by atoms with Gasteiger partial charge in [0.2, 0.25) is 5.76 Å². The Hall–Kier alpha value is -1.45. The number of unbranched alkanes of at least 4 members (excludes halogenated alkanes) is 11. The molecule has 0 saturated heterocycles. The summed E-state index contributed by atoms with van der Waals surface area (Å²) in [6.07, 6.45) is 16.0. The standard InChI is InChI=1S/C19H33NO3/c1-2-3-4-5-6-7-8-9-10-11-12-13-16-20-18-15-14-17(23-18)19(21)22/h14-15,20H,2-13,16H2,1H3,(H,21,22). The van der Waals surface area contributed by atoms with Gasteiger partial charge in [0.1, 0.15) is 0 Å². The van der Waals surface area contributed by atoms with Crippen LogP contribution in [0, 0.1) is 0 Å². The van der Waals surface area contributed by atoms with Crippen LogP contribution in [0.15, 0.2) is 16.5 Å². The van der Waals surface area contributed by atoms with E-state index in [1.54, 1.807) is 6.07 Å². The lowest BCUT2D eigenvalue weighted by atomic mass is 10.1. The topological polar surface area (TPSA) is 62.5 Å². The zero-order valence-electron chi connectivity index (χ0n) is 14.6. The fraction of sp³-hybridized carbons (Fsp3) is 0.737. The largest absolute Gasteiger partial charge is 0.475 e. The molecule has 4 heteroatoms. The SMILES string of the molecule is CCCCCCCCCCCCCCNc1ccc(C(=O)O)o1. The van der Waals surface area contributed by atoms with Crippen LogP contribution in [0.3, 0.4) is 0 Å². The molecule has 0 fully saturated rings. The van der Waals surface area contributed by atoms with Gasteiger partial charge in [0.25, 0.3) is 0 Å². The van der Waals surface area contributed by atoms with Crippen molar-refractivity contribution in [2.24, 2.45) is 0 Å². The average molecular weight is 323 g/mol. The molecule has 1 aromatic heterocycles. The Bertz CT molecular complexity index is 415. The molecular weight excluding hydrogens is 290 g/mol. The van der Waals surface area contributed by atoms with Crippen molar-refractivity contribution in [1.82, 2.24) is 0 Å². The Morgan fingerprint density at radius 3 is 1.91 bits per heavy atom. The van der Waals surface area contributed by atoms with Crippen molar-refractivity contribution in [2.75, 3.05) is 11.9 Å². The highest BCUT2D eigenvalue weighted by Crippen LogP contribution is 2.14. The van der Waals surface area contributed by atoms with Crippen molar-refractivity contribution < 1.29 is 14.3 Å². The quantitative estimate of drug-likeness (QED) is 0.383. The van der Waals surface area contributed by atoms with E-state index in [9.17, 15) is 4.79 Å². The molecule has 0 saturated carbocycles. The first-order chi connectivity index (χ1) is 11.2. The molecule has 0 aliphatic rings. The molecule has 2 N–H and O–H groups in total. The second-order valence-corrected chi connectivity index (χ2v) is 6.28. The van der Waals surface area contributed by atoms with Gasteiger partial charge in [-0.05, 0) is 12.5 Å². The second kappa shape index (κ2) is 13.0. The summed E-state index contributed by atoms with van der Waals surface area (Å²) >= 11 is 0. The molecule has 1 heterocycles. The Morgan fingerprint density at radius 2 is 1.43 bits per heavy atom. The minimum Gasteiger partial charge on any atom is -0.475 e. The summed E-state index contributed by atoms with van der Waals surface area (Å²) in [6.45, 7) is 3.10. The number of carboxylic acids is 1. The third-order valence-corrected chi connectivity index (χ3v) is 4.15. The first kappa shape index (κ1) is 19.6. The van der Waals surface area contributed by atoms with E-state index in [4.69, 9.17) is 9.52 Å². The second-order valence-electron chi connectivity index (χ2n) is 6.28. The fourth-order valence-electron chi connectivity index (χ4n) is 2.73. The van der Waals surface area contributed by atoms with Crippen LogP contribution in [-0.4, -0.2) is 17.6 Å². The normalized spacial score (nSPS) is 10.8. The lowest BCUT2D eigenvalue weighted by Crippen LogP contribution is -2.00. The highest BCUT2D eigenvalue weighted by molar-refractivity contribution is 5.84. The van der Waals surface area contributed by atoms with Gasteiger partial charge in [-0.3, -0.25) is 0 Å². The number of hydrogen-bond acceptors (Lipinski definition) is 3. The smallest absolute Gasteiger partial charge is 0.371 e.